The van der Waals surface area contributed by atoms with E-state index in [4.69, 9.17) is 9.47 Å². The molecule has 1 fully saturated rings. The summed E-state index contributed by atoms with van der Waals surface area (Å²) in [5.41, 5.74) is 3.10. The van der Waals surface area contributed by atoms with Crippen LogP contribution >= 0.6 is 0 Å². The molecule has 2 heterocycles. The van der Waals surface area contributed by atoms with E-state index in [9.17, 15) is 19.5 Å². The lowest BCUT2D eigenvalue weighted by Crippen LogP contribution is -2.48. The number of methoxy groups -OCH3 is 1. The maximum Gasteiger partial charge on any atom is 0.408 e. The van der Waals surface area contributed by atoms with Crippen molar-refractivity contribution in [3.63, 3.8) is 0 Å². The molecule has 0 saturated carbocycles. The maximum absolute atomic E-state index is 14.0. The zero-order valence-electron chi connectivity index (χ0n) is 24.0. The van der Waals surface area contributed by atoms with Gasteiger partial charge in [-0.15, -0.1) is 10.2 Å². The van der Waals surface area contributed by atoms with Crippen LogP contribution in [0.1, 0.15) is 40.9 Å². The lowest BCUT2D eigenvalue weighted by Gasteiger charge is -2.36. The molecule has 13 nitrogen and oxygen atoms in total. The first-order valence-electron chi connectivity index (χ1n) is 14.1. The number of nitrogens with zero attached hydrogens (tertiary/aromatic N) is 4. The van der Waals surface area contributed by atoms with Crippen molar-refractivity contribution < 1.29 is 29.0 Å². The minimum Gasteiger partial charge on any atom is -0.465 e. The summed E-state index contributed by atoms with van der Waals surface area (Å²) in [5.74, 6) is -0.679. The third-order valence-corrected chi connectivity index (χ3v) is 7.57. The van der Waals surface area contributed by atoms with Crippen LogP contribution in [0, 0.1) is 0 Å². The number of nitrogens with one attached hydrogen (secondary N) is 3. The van der Waals surface area contributed by atoms with Gasteiger partial charge < -0.3 is 25.2 Å². The summed E-state index contributed by atoms with van der Waals surface area (Å²) in [6, 6.07) is 24.7. The Kier molecular flexibility index (Phi) is 9.77. The van der Waals surface area contributed by atoms with Gasteiger partial charge in [-0.05, 0) is 35.6 Å². The highest BCUT2D eigenvalue weighted by Gasteiger charge is 2.36. The van der Waals surface area contributed by atoms with Crippen LogP contribution in [0.3, 0.4) is 0 Å². The summed E-state index contributed by atoms with van der Waals surface area (Å²) in [7, 11) is 1.25. The second-order valence-electron chi connectivity index (χ2n) is 10.3. The van der Waals surface area contributed by atoms with E-state index < -0.39 is 36.1 Å². The lowest BCUT2D eigenvalue weighted by molar-refractivity contribution is -0.118. The van der Waals surface area contributed by atoms with Crippen molar-refractivity contribution in [2.24, 2.45) is 0 Å². The number of aromatic nitrogens is 4. The van der Waals surface area contributed by atoms with Gasteiger partial charge in [0.05, 0.1) is 26.4 Å². The number of alkyl carbamates (subject to hydrolysis) is 1. The molecule has 1 aromatic heterocycles. The molecule has 1 aliphatic rings. The van der Waals surface area contributed by atoms with Crippen molar-refractivity contribution in [1.29, 1.82) is 0 Å². The number of benzene rings is 3. The van der Waals surface area contributed by atoms with Gasteiger partial charge in [0.2, 0.25) is 5.91 Å². The van der Waals surface area contributed by atoms with Gasteiger partial charge in [0.1, 0.15) is 12.1 Å². The Hall–Kier alpha value is -5.30. The number of morpholine rings is 1. The van der Waals surface area contributed by atoms with Gasteiger partial charge in [0.25, 0.3) is 0 Å². The summed E-state index contributed by atoms with van der Waals surface area (Å²) >= 11 is 0. The Balaban J connectivity index is 1.34. The predicted octanol–water partition coefficient (Wildman–Crippen LogP) is 3.75. The van der Waals surface area contributed by atoms with Crippen LogP contribution in [-0.4, -0.2) is 81.1 Å². The number of rotatable bonds is 10. The van der Waals surface area contributed by atoms with Crippen LogP contribution < -0.4 is 10.6 Å². The lowest BCUT2D eigenvalue weighted by atomic mass is 9.84. The molecule has 0 bridgehead atoms. The summed E-state index contributed by atoms with van der Waals surface area (Å²) in [5, 5.41) is 29.2. The Labute approximate surface area is 253 Å². The van der Waals surface area contributed by atoms with E-state index in [2.05, 4.69) is 31.3 Å². The molecule has 44 heavy (non-hydrogen) atoms. The fourth-order valence-corrected chi connectivity index (χ4v) is 5.40. The van der Waals surface area contributed by atoms with E-state index in [0.29, 0.717) is 18.5 Å². The summed E-state index contributed by atoms with van der Waals surface area (Å²) < 4.78 is 10.9. The van der Waals surface area contributed by atoms with Crippen LogP contribution in [0.25, 0.3) is 0 Å². The zero-order valence-corrected chi connectivity index (χ0v) is 24.0. The number of ether oxygens (including phenoxy) is 2. The molecule has 1 saturated heterocycles. The normalized spacial score (nSPS) is 17.1. The van der Waals surface area contributed by atoms with E-state index >= 15 is 0 Å². The molecular weight excluding hydrogens is 566 g/mol. The Morgan fingerprint density at radius 3 is 2.30 bits per heavy atom. The molecule has 4 N–H and O–H groups in total. The largest absolute Gasteiger partial charge is 0.465 e. The quantitative estimate of drug-likeness (QED) is 0.212. The van der Waals surface area contributed by atoms with Crippen molar-refractivity contribution in [1.82, 2.24) is 30.8 Å². The molecule has 3 aromatic carbocycles. The van der Waals surface area contributed by atoms with Crippen LogP contribution in [0.2, 0.25) is 0 Å². The number of hydrogen-bond donors (Lipinski definition) is 4. The first-order chi connectivity index (χ1) is 21.4. The molecule has 1 aliphatic heterocycles. The highest BCUT2D eigenvalue weighted by Crippen LogP contribution is 2.30. The topological polar surface area (TPSA) is 172 Å². The minimum atomic E-state index is -1.10. The van der Waals surface area contributed by atoms with Crippen LogP contribution in [0.15, 0.2) is 84.9 Å². The SMILES string of the molecule is COC(=O)N[C@H](C(=O)Nc1ccccc1CC[C@@H]1CN(C(=O)O)[C@H](c2nn[nH]n2)CO1)C(c1ccccc1)c1ccccc1. The van der Waals surface area contributed by atoms with Crippen molar-refractivity contribution in [2.45, 2.75) is 36.9 Å². The minimum absolute atomic E-state index is 0.0934. The molecule has 0 unspecified atom stereocenters. The number of tetrazole rings is 1. The number of carbonyl (C=O) groups excluding carboxylic acids is 2. The number of carboxylic acid groups (broad SMARTS) is 1. The third-order valence-electron chi connectivity index (χ3n) is 7.57. The molecule has 13 heteroatoms. The standard InChI is InChI=1S/C31H33N7O6/c1-43-30(40)33-27(26(21-11-4-2-5-12-21)22-13-6-3-7-14-22)29(39)32-24-15-9-8-10-20(24)16-17-23-18-38(31(41)42)25(19-44-23)28-34-36-37-35-28/h2-15,23,25-27H,16-19H2,1H3,(H,32,39)(H,33,40)(H,41,42)(H,34,35,36,37)/t23-,25+,27+/m1/s1. The number of H-pyrrole nitrogens is 1. The second-order valence-corrected chi connectivity index (χ2v) is 10.3. The van der Waals surface area contributed by atoms with Gasteiger partial charge in [-0.1, -0.05) is 84.1 Å². The number of amides is 3. The molecule has 3 atom stereocenters. The van der Waals surface area contributed by atoms with E-state index in [0.717, 1.165) is 16.7 Å². The number of hydrogen-bond acceptors (Lipinski definition) is 8. The summed E-state index contributed by atoms with van der Waals surface area (Å²) in [6.07, 6.45) is -1.22. The van der Waals surface area contributed by atoms with Gasteiger partial charge in [0, 0.05) is 11.6 Å². The number of aryl methyl sites for hydroxylation is 1. The van der Waals surface area contributed by atoms with Crippen molar-refractivity contribution in [3.8, 4) is 0 Å². The average Bonchev–Trinajstić information content (AvgIpc) is 3.60. The fraction of sp³-hybridized carbons (Fsp3) is 0.290. The van der Waals surface area contributed by atoms with Gasteiger partial charge in [-0.2, -0.15) is 5.21 Å². The molecule has 4 aromatic rings. The number of aromatic amines is 1. The monoisotopic (exact) mass is 599 g/mol. The number of para-hydroxylation sites is 1. The van der Waals surface area contributed by atoms with Gasteiger partial charge in [-0.3, -0.25) is 9.69 Å². The third kappa shape index (κ3) is 7.18. The molecular formula is C31H33N7O6. The smallest absolute Gasteiger partial charge is 0.408 e. The maximum atomic E-state index is 14.0. The highest BCUT2D eigenvalue weighted by atomic mass is 16.5. The van der Waals surface area contributed by atoms with Gasteiger partial charge in [-0.25, -0.2) is 9.59 Å². The molecule has 0 spiro atoms. The molecule has 228 valence electrons. The van der Waals surface area contributed by atoms with Crippen LogP contribution in [0.5, 0.6) is 0 Å². The number of anilines is 1. The molecule has 3 amide bonds. The van der Waals surface area contributed by atoms with E-state index in [1.165, 1.54) is 12.0 Å². The van der Waals surface area contributed by atoms with E-state index in [1.54, 1.807) is 6.07 Å². The molecule has 0 radical (unpaired) electrons. The van der Waals surface area contributed by atoms with Crippen molar-refractivity contribution >= 4 is 23.8 Å². The van der Waals surface area contributed by atoms with Gasteiger partial charge >= 0.3 is 12.2 Å². The first-order valence-corrected chi connectivity index (χ1v) is 14.1. The van der Waals surface area contributed by atoms with Crippen LogP contribution in [-0.2, 0) is 20.7 Å². The number of carbonyl (C=O) groups is 3. The first kappa shape index (κ1) is 30.2. The van der Waals surface area contributed by atoms with Crippen LogP contribution in [0.4, 0.5) is 15.3 Å². The van der Waals surface area contributed by atoms with Crippen molar-refractivity contribution in [3.05, 3.63) is 107 Å². The van der Waals surface area contributed by atoms with Gasteiger partial charge in [0.15, 0.2) is 5.82 Å². The summed E-state index contributed by atoms with van der Waals surface area (Å²) in [4.78, 5) is 39.7. The predicted molar refractivity (Wildman–Crippen MR) is 159 cm³/mol. The Morgan fingerprint density at radius 2 is 1.68 bits per heavy atom. The average molecular weight is 600 g/mol. The molecule has 0 aliphatic carbocycles. The Bertz CT molecular complexity index is 1500. The van der Waals surface area contributed by atoms with E-state index in [1.807, 2.05) is 78.9 Å². The Morgan fingerprint density at radius 1 is 1.02 bits per heavy atom. The highest BCUT2D eigenvalue weighted by molar-refractivity contribution is 5.98. The zero-order chi connectivity index (χ0) is 30.9. The molecule has 5 rings (SSSR count). The van der Waals surface area contributed by atoms with E-state index in [-0.39, 0.29) is 25.1 Å². The van der Waals surface area contributed by atoms with Crippen molar-refractivity contribution in [2.75, 3.05) is 25.6 Å². The fourth-order valence-electron chi connectivity index (χ4n) is 5.40. The second kappa shape index (κ2) is 14.2. The summed E-state index contributed by atoms with van der Waals surface area (Å²) in [6.45, 7) is 0.222.